The molecule has 2 unspecified atom stereocenters. The van der Waals surface area contributed by atoms with Crippen LogP contribution >= 0.6 is 0 Å². The maximum Gasteiger partial charge on any atom is 0.416 e. The lowest BCUT2D eigenvalue weighted by Crippen LogP contribution is -2.67. The van der Waals surface area contributed by atoms with E-state index in [1.54, 1.807) is 18.3 Å². The second kappa shape index (κ2) is 8.26. The first kappa shape index (κ1) is 22.1. The van der Waals surface area contributed by atoms with Gasteiger partial charge in [0.05, 0.1) is 24.2 Å². The zero-order valence-electron chi connectivity index (χ0n) is 18.4. The van der Waals surface area contributed by atoms with Crippen LogP contribution in [0.2, 0.25) is 0 Å². The van der Waals surface area contributed by atoms with E-state index in [1.165, 1.54) is 0 Å². The van der Waals surface area contributed by atoms with Gasteiger partial charge in [0, 0.05) is 35.9 Å². The third kappa shape index (κ3) is 3.96. The third-order valence-corrected chi connectivity index (χ3v) is 7.82. The van der Waals surface area contributed by atoms with Crippen molar-refractivity contribution >= 4 is 10.9 Å². The van der Waals surface area contributed by atoms with Gasteiger partial charge in [0.1, 0.15) is 18.7 Å². The summed E-state index contributed by atoms with van der Waals surface area (Å²) in [6.45, 7) is 6.39. The number of aromatic nitrogens is 1. The molecule has 1 aromatic heterocycles. The van der Waals surface area contributed by atoms with Crippen molar-refractivity contribution < 1.29 is 22.8 Å². The number of pyridine rings is 1. The van der Waals surface area contributed by atoms with Crippen molar-refractivity contribution in [3.05, 3.63) is 90.1 Å². The van der Waals surface area contributed by atoms with Gasteiger partial charge in [0.25, 0.3) is 0 Å². The fourth-order valence-electron chi connectivity index (χ4n) is 6.13. The highest BCUT2D eigenvalue weighted by atomic mass is 19.4. The summed E-state index contributed by atoms with van der Waals surface area (Å²) in [6.07, 6.45) is 0.648. The Kier molecular flexibility index (Phi) is 5.53. The smallest absolute Gasteiger partial charge is 0.382 e. The molecule has 0 radical (unpaired) electrons. The van der Waals surface area contributed by atoms with E-state index < -0.39 is 17.8 Å². The summed E-state index contributed by atoms with van der Waals surface area (Å²) >= 11 is 0. The summed E-state index contributed by atoms with van der Waals surface area (Å²) < 4.78 is 39.8. The van der Waals surface area contributed by atoms with E-state index >= 15 is 0 Å². The van der Waals surface area contributed by atoms with E-state index in [-0.39, 0.29) is 6.04 Å². The first-order valence-electron chi connectivity index (χ1n) is 11.5. The fourth-order valence-corrected chi connectivity index (χ4v) is 6.13. The molecule has 1 N–H and O–H groups in total. The number of alkyl halides is 3. The average Bonchev–Trinajstić information content (AvgIpc) is 2.83. The molecule has 3 fully saturated rings. The average molecular weight is 454 g/mol. The summed E-state index contributed by atoms with van der Waals surface area (Å²) in [5.74, 6) is 0.827. The SMILES string of the molecule is C=C[C@H]1C[N@@+]2(Cc3ccc(C(F)(F)F)cc3)CCC1CC2[C@H](O)c1ccnc2ccccc12. The Labute approximate surface area is 191 Å². The monoisotopic (exact) mass is 453 g/mol. The first-order valence-corrected chi connectivity index (χ1v) is 11.5. The van der Waals surface area contributed by atoms with Gasteiger partial charge in [0.15, 0.2) is 0 Å². The Bertz CT molecular complexity index is 1150. The minimum absolute atomic E-state index is 0.0342. The van der Waals surface area contributed by atoms with Crippen LogP contribution in [0.1, 0.15) is 35.6 Å². The van der Waals surface area contributed by atoms with Crippen LogP contribution in [0.3, 0.4) is 0 Å². The van der Waals surface area contributed by atoms with Crippen LogP contribution in [-0.4, -0.2) is 33.7 Å². The molecule has 0 amide bonds. The van der Waals surface area contributed by atoms with Crippen LogP contribution in [0.4, 0.5) is 13.2 Å². The number of aliphatic hydroxyl groups excluding tert-OH is 1. The minimum Gasteiger partial charge on any atom is -0.382 e. The number of hydrogen-bond acceptors (Lipinski definition) is 2. The van der Waals surface area contributed by atoms with Gasteiger partial charge in [-0.25, -0.2) is 0 Å². The lowest BCUT2D eigenvalue weighted by atomic mass is 9.71. The van der Waals surface area contributed by atoms with Crippen molar-refractivity contribution in [2.45, 2.75) is 37.7 Å². The molecule has 5 atom stereocenters. The fraction of sp³-hybridized carbons (Fsp3) is 0.370. The molecule has 4 heterocycles. The molecular formula is C27H28F3N2O+. The largest absolute Gasteiger partial charge is 0.416 e. The second-order valence-corrected chi connectivity index (χ2v) is 9.59. The number of quaternary nitrogens is 1. The molecule has 3 aromatic rings. The van der Waals surface area contributed by atoms with Gasteiger partial charge >= 0.3 is 6.18 Å². The molecule has 2 bridgehead atoms. The number of para-hydroxylation sites is 1. The molecule has 2 aromatic carbocycles. The first-order chi connectivity index (χ1) is 15.8. The molecule has 3 aliphatic heterocycles. The number of fused-ring (bicyclic) bond motifs is 4. The summed E-state index contributed by atoms with van der Waals surface area (Å²) in [4.78, 5) is 4.43. The normalized spacial score (nSPS) is 28.1. The van der Waals surface area contributed by atoms with Gasteiger partial charge in [-0.15, -0.1) is 6.58 Å². The van der Waals surface area contributed by atoms with Crippen molar-refractivity contribution in [3.63, 3.8) is 0 Å². The summed E-state index contributed by atoms with van der Waals surface area (Å²) in [5.41, 5.74) is 1.96. The number of nitrogens with zero attached hydrogens (tertiary/aromatic N) is 2. The van der Waals surface area contributed by atoms with Gasteiger partial charge in [-0.3, -0.25) is 4.98 Å². The Morgan fingerprint density at radius 2 is 1.88 bits per heavy atom. The van der Waals surface area contributed by atoms with Gasteiger partial charge in [-0.2, -0.15) is 13.2 Å². The Balaban J connectivity index is 1.51. The Morgan fingerprint density at radius 3 is 2.61 bits per heavy atom. The maximum absolute atomic E-state index is 13.1. The van der Waals surface area contributed by atoms with E-state index in [0.717, 1.165) is 60.1 Å². The summed E-state index contributed by atoms with van der Waals surface area (Å²) in [7, 11) is 0. The highest BCUT2D eigenvalue weighted by Gasteiger charge is 2.54. The number of hydrogen-bond donors (Lipinski definition) is 1. The lowest BCUT2D eigenvalue weighted by molar-refractivity contribution is -0.984. The van der Waals surface area contributed by atoms with Crippen molar-refractivity contribution in [1.29, 1.82) is 0 Å². The van der Waals surface area contributed by atoms with Crippen molar-refractivity contribution in [2.24, 2.45) is 11.8 Å². The Morgan fingerprint density at radius 1 is 1.12 bits per heavy atom. The topological polar surface area (TPSA) is 33.1 Å². The van der Waals surface area contributed by atoms with Gasteiger partial charge in [-0.05, 0) is 35.7 Å². The molecule has 3 nitrogen and oxygen atoms in total. The van der Waals surface area contributed by atoms with E-state index in [1.807, 2.05) is 36.4 Å². The molecule has 172 valence electrons. The van der Waals surface area contributed by atoms with Crippen molar-refractivity contribution in [3.8, 4) is 0 Å². The number of piperidine rings is 3. The van der Waals surface area contributed by atoms with Crippen LogP contribution < -0.4 is 0 Å². The predicted molar refractivity (Wildman–Crippen MR) is 122 cm³/mol. The van der Waals surface area contributed by atoms with E-state index in [4.69, 9.17) is 0 Å². The molecule has 6 rings (SSSR count). The summed E-state index contributed by atoms with van der Waals surface area (Å²) in [6, 6.07) is 15.2. The van der Waals surface area contributed by atoms with Gasteiger partial charge in [-0.1, -0.05) is 36.4 Å². The highest BCUT2D eigenvalue weighted by molar-refractivity contribution is 5.82. The predicted octanol–water partition coefficient (Wildman–Crippen LogP) is 5.90. The molecule has 3 aliphatic rings. The molecule has 6 heteroatoms. The van der Waals surface area contributed by atoms with Gasteiger partial charge in [0.2, 0.25) is 0 Å². The van der Waals surface area contributed by atoms with E-state index in [2.05, 4.69) is 11.6 Å². The molecule has 0 aliphatic carbocycles. The van der Waals surface area contributed by atoms with Crippen LogP contribution in [0, 0.1) is 11.8 Å². The third-order valence-electron chi connectivity index (χ3n) is 7.82. The van der Waals surface area contributed by atoms with Crippen LogP contribution in [0.15, 0.2) is 73.4 Å². The number of benzene rings is 2. The maximum atomic E-state index is 13.1. The Hall–Kier alpha value is -2.70. The lowest BCUT2D eigenvalue weighted by Gasteiger charge is -2.58. The van der Waals surface area contributed by atoms with E-state index in [9.17, 15) is 18.3 Å². The second-order valence-electron chi connectivity index (χ2n) is 9.59. The summed E-state index contributed by atoms with van der Waals surface area (Å²) in [5, 5.41) is 12.6. The molecule has 0 saturated carbocycles. The number of aliphatic hydroxyl groups is 1. The van der Waals surface area contributed by atoms with Crippen LogP contribution in [-0.2, 0) is 12.7 Å². The quantitative estimate of drug-likeness (QED) is 0.386. The zero-order valence-corrected chi connectivity index (χ0v) is 18.4. The highest BCUT2D eigenvalue weighted by Crippen LogP contribution is 2.48. The standard InChI is InChI=1S/C27H28F3N2O/c1-2-19-17-32(16-18-7-9-21(10-8-18)27(28,29)30)14-12-20(19)15-25(32)26(33)23-11-13-31-24-6-4-3-5-22(23)24/h2-11,13,19-20,25-26,33H,1,12,14-17H2/q+1/t19-,20?,25?,26+,32-/m0/s1. The van der Waals surface area contributed by atoms with Crippen LogP contribution in [0.5, 0.6) is 0 Å². The van der Waals surface area contributed by atoms with Crippen LogP contribution in [0.25, 0.3) is 10.9 Å². The zero-order chi connectivity index (χ0) is 23.2. The van der Waals surface area contributed by atoms with Crippen molar-refractivity contribution in [1.82, 2.24) is 4.98 Å². The number of halogens is 3. The van der Waals surface area contributed by atoms with Crippen molar-refractivity contribution in [2.75, 3.05) is 13.1 Å². The van der Waals surface area contributed by atoms with E-state index in [0.29, 0.717) is 22.9 Å². The number of rotatable bonds is 5. The van der Waals surface area contributed by atoms with Gasteiger partial charge < -0.3 is 9.59 Å². The molecule has 3 saturated heterocycles. The minimum atomic E-state index is -4.34. The molecule has 33 heavy (non-hydrogen) atoms. The molecular weight excluding hydrogens is 425 g/mol. The molecule has 0 spiro atoms.